The van der Waals surface area contributed by atoms with Gasteiger partial charge < -0.3 is 4.74 Å². The molecule has 1 aliphatic heterocycles. The number of benzene rings is 3. The lowest BCUT2D eigenvalue weighted by molar-refractivity contribution is -0.102. The van der Waals surface area contributed by atoms with Crippen LogP contribution in [0.5, 0.6) is 0 Å². The fourth-order valence-corrected chi connectivity index (χ4v) is 9.24. The molecule has 0 saturated carbocycles. The predicted molar refractivity (Wildman–Crippen MR) is 138 cm³/mol. The molecule has 0 amide bonds. The summed E-state index contributed by atoms with van der Waals surface area (Å²) < 4.78 is 6.82. The van der Waals surface area contributed by atoms with Crippen LogP contribution in [0.25, 0.3) is 0 Å². The Morgan fingerprint density at radius 1 is 0.645 bits per heavy atom. The summed E-state index contributed by atoms with van der Waals surface area (Å²) in [6.45, 7) is 7.42. The zero-order valence-electron chi connectivity index (χ0n) is 19.2. The molecule has 0 radical (unpaired) electrons. The second kappa shape index (κ2) is 9.60. The van der Waals surface area contributed by atoms with E-state index in [4.69, 9.17) is 4.74 Å². The van der Waals surface area contributed by atoms with Gasteiger partial charge in [0.15, 0.2) is 0 Å². The van der Waals surface area contributed by atoms with Gasteiger partial charge in [-0.25, -0.2) is 0 Å². The van der Waals surface area contributed by atoms with Crippen molar-refractivity contribution in [2.24, 2.45) is 17.8 Å². The van der Waals surface area contributed by atoms with E-state index in [1.54, 1.807) is 0 Å². The first-order valence-electron chi connectivity index (χ1n) is 11.6. The maximum Gasteiger partial charge on any atom is 0.0800 e. The average molecular weight is 431 g/mol. The molecule has 0 aliphatic carbocycles. The van der Waals surface area contributed by atoms with Gasteiger partial charge in [-0.1, -0.05) is 119 Å². The highest BCUT2D eigenvalue weighted by molar-refractivity contribution is 7.94. The normalized spacial score (nSPS) is 26.4. The summed E-state index contributed by atoms with van der Waals surface area (Å²) >= 11 is 0. The third-order valence-corrected chi connectivity index (χ3v) is 11.4. The molecule has 0 N–H and O–H groups in total. The first-order chi connectivity index (χ1) is 15.1. The molecule has 1 fully saturated rings. The Labute approximate surface area is 188 Å². The Hall–Kier alpha value is -2.08. The van der Waals surface area contributed by atoms with E-state index in [-0.39, 0.29) is 6.10 Å². The number of rotatable bonds is 5. The van der Waals surface area contributed by atoms with Crippen LogP contribution in [-0.2, 0) is 4.74 Å². The van der Waals surface area contributed by atoms with Gasteiger partial charge in [-0.3, -0.25) is 0 Å². The molecule has 5 unspecified atom stereocenters. The third kappa shape index (κ3) is 4.19. The van der Waals surface area contributed by atoms with E-state index in [0.717, 1.165) is 6.42 Å². The van der Waals surface area contributed by atoms with Crippen LogP contribution in [0.2, 0.25) is 0 Å². The highest BCUT2D eigenvalue weighted by atomic mass is 31.2. The lowest BCUT2D eigenvalue weighted by atomic mass is 9.76. The van der Waals surface area contributed by atoms with Crippen molar-refractivity contribution in [1.29, 1.82) is 0 Å². The zero-order chi connectivity index (χ0) is 21.8. The summed E-state index contributed by atoms with van der Waals surface area (Å²) in [7, 11) is 0. The quantitative estimate of drug-likeness (QED) is 0.460. The van der Waals surface area contributed by atoms with Crippen LogP contribution in [0.1, 0.15) is 34.1 Å². The van der Waals surface area contributed by atoms with Crippen molar-refractivity contribution >= 4 is 28.6 Å². The Morgan fingerprint density at radius 2 is 1.06 bits per heavy atom. The van der Waals surface area contributed by atoms with Gasteiger partial charge in [-0.05, 0) is 52.8 Å². The van der Waals surface area contributed by atoms with Crippen molar-refractivity contribution in [1.82, 2.24) is 0 Å². The minimum Gasteiger partial charge on any atom is -0.370 e. The molecule has 0 spiro atoms. The van der Waals surface area contributed by atoms with Crippen LogP contribution in [0, 0.1) is 17.8 Å². The highest BCUT2D eigenvalue weighted by Crippen LogP contribution is 2.46. The van der Waals surface area contributed by atoms with Crippen LogP contribution < -0.4 is 15.9 Å². The van der Waals surface area contributed by atoms with E-state index in [9.17, 15) is 0 Å². The second-order valence-electron chi connectivity index (χ2n) is 9.00. The lowest BCUT2D eigenvalue weighted by Gasteiger charge is -2.44. The molecule has 3 aromatic rings. The van der Waals surface area contributed by atoms with E-state index in [1.165, 1.54) is 15.9 Å². The van der Waals surface area contributed by atoms with Crippen molar-refractivity contribution in [2.45, 2.75) is 46.3 Å². The van der Waals surface area contributed by atoms with E-state index in [1.807, 2.05) is 0 Å². The second-order valence-corrected chi connectivity index (χ2v) is 12.3. The molecule has 1 saturated heterocycles. The standard InChI is InChI=1S/C29H35OP/c1-5-28-23(3)22(2)24(4)29(30-28)21-31(25-15-9-6-10-16-25,26-17-11-7-12-18-26)27-19-13-8-14-20-27/h6-24,28-29H,5H2,1-4H3. The van der Waals surface area contributed by atoms with Crippen LogP contribution in [-0.4, -0.2) is 18.0 Å². The van der Waals surface area contributed by atoms with Gasteiger partial charge in [0.2, 0.25) is 0 Å². The molecule has 2 heteroatoms. The number of hydrogen-bond donors (Lipinski definition) is 0. The molecule has 1 aliphatic rings. The monoisotopic (exact) mass is 430 g/mol. The van der Waals surface area contributed by atoms with Gasteiger partial charge >= 0.3 is 0 Å². The molecule has 4 rings (SSSR count). The lowest BCUT2D eigenvalue weighted by Crippen LogP contribution is -2.46. The zero-order valence-corrected chi connectivity index (χ0v) is 20.1. The summed E-state index contributed by atoms with van der Waals surface area (Å²) in [5.74, 6) is 4.31. The molecule has 31 heavy (non-hydrogen) atoms. The van der Waals surface area contributed by atoms with E-state index >= 15 is 0 Å². The summed E-state index contributed by atoms with van der Waals surface area (Å²) in [6, 6.07) is 33.2. The Balaban J connectivity index is 2.01. The Morgan fingerprint density at radius 3 is 1.45 bits per heavy atom. The molecule has 5 atom stereocenters. The molecule has 0 bridgehead atoms. The van der Waals surface area contributed by atoms with Crippen LogP contribution in [0.4, 0.5) is 0 Å². The highest BCUT2D eigenvalue weighted by Gasteiger charge is 2.39. The number of ether oxygens (including phenoxy) is 1. The maximum atomic E-state index is 6.82. The van der Waals surface area contributed by atoms with Gasteiger partial charge in [-0.15, -0.1) is 0 Å². The Bertz CT molecular complexity index is 907. The first kappa shape index (κ1) is 22.1. The minimum absolute atomic E-state index is 0.130. The van der Waals surface area contributed by atoms with E-state index in [0.29, 0.717) is 23.9 Å². The summed E-state index contributed by atoms with van der Waals surface area (Å²) in [4.78, 5) is 0. The predicted octanol–water partition coefficient (Wildman–Crippen LogP) is 5.87. The SMILES string of the molecule is CCC1OC(C=P(c2ccccc2)(c2ccccc2)c2ccccc2)C(C)C(C)C1C. The maximum absolute atomic E-state index is 6.82. The Kier molecular flexibility index (Phi) is 6.85. The fraction of sp³-hybridized carbons (Fsp3) is 0.345. The first-order valence-corrected chi connectivity index (χ1v) is 13.5. The van der Waals surface area contributed by atoms with Gasteiger partial charge in [0.1, 0.15) is 0 Å². The van der Waals surface area contributed by atoms with Crippen LogP contribution >= 0.6 is 6.89 Å². The van der Waals surface area contributed by atoms with Crippen LogP contribution in [0.15, 0.2) is 91.0 Å². The van der Waals surface area contributed by atoms with Crippen molar-refractivity contribution in [2.75, 3.05) is 0 Å². The van der Waals surface area contributed by atoms with E-state index < -0.39 is 6.89 Å². The van der Waals surface area contributed by atoms with Crippen molar-refractivity contribution in [3.63, 3.8) is 0 Å². The molecular weight excluding hydrogens is 395 g/mol. The molecule has 0 aromatic heterocycles. The topological polar surface area (TPSA) is 9.23 Å². The van der Waals surface area contributed by atoms with Gasteiger partial charge in [0.25, 0.3) is 0 Å². The van der Waals surface area contributed by atoms with E-state index in [2.05, 4.69) is 124 Å². The fourth-order valence-electron chi connectivity index (χ4n) is 5.12. The van der Waals surface area contributed by atoms with Crippen LogP contribution in [0.3, 0.4) is 0 Å². The summed E-state index contributed by atoms with van der Waals surface area (Å²) in [5.41, 5.74) is 0. The van der Waals surface area contributed by atoms with Gasteiger partial charge in [0, 0.05) is 0 Å². The largest absolute Gasteiger partial charge is 0.370 e. The summed E-state index contributed by atoms with van der Waals surface area (Å²) in [5, 5.41) is 4.17. The molecular formula is C29H35OP. The number of hydrogen-bond acceptors (Lipinski definition) is 1. The van der Waals surface area contributed by atoms with Gasteiger partial charge in [-0.2, -0.15) is 0 Å². The van der Waals surface area contributed by atoms with Crippen molar-refractivity contribution < 1.29 is 4.74 Å². The third-order valence-electron chi connectivity index (χ3n) is 7.36. The van der Waals surface area contributed by atoms with Crippen molar-refractivity contribution in [3.8, 4) is 0 Å². The smallest absolute Gasteiger partial charge is 0.0800 e. The molecule has 3 aromatic carbocycles. The molecule has 1 nitrogen and oxygen atoms in total. The average Bonchev–Trinajstić information content (AvgIpc) is 2.84. The molecule has 1 heterocycles. The van der Waals surface area contributed by atoms with Crippen molar-refractivity contribution in [3.05, 3.63) is 91.0 Å². The minimum atomic E-state index is -1.99. The summed E-state index contributed by atoms with van der Waals surface area (Å²) in [6.07, 6.45) is 1.51. The molecule has 162 valence electrons. The van der Waals surface area contributed by atoms with Gasteiger partial charge in [0.05, 0.1) is 12.2 Å².